The highest BCUT2D eigenvalue weighted by Gasteiger charge is 2.10. The first-order valence-corrected chi connectivity index (χ1v) is 8.72. The lowest BCUT2D eigenvalue weighted by molar-refractivity contribution is 0.659. The second-order valence-corrected chi connectivity index (χ2v) is 6.38. The minimum Gasteiger partial charge on any atom is -0.267 e. The smallest absolute Gasteiger partial charge is 0.267 e. The lowest BCUT2D eigenvalue weighted by Gasteiger charge is -2.04. The normalized spacial score (nSPS) is 11.5. The summed E-state index contributed by atoms with van der Waals surface area (Å²) in [6.07, 6.45) is 3.12. The Labute approximate surface area is 156 Å². The van der Waals surface area contributed by atoms with Gasteiger partial charge < -0.3 is 0 Å². The van der Waals surface area contributed by atoms with Crippen LogP contribution in [0.15, 0.2) is 70.8 Å². The molecule has 0 saturated carbocycles. The van der Waals surface area contributed by atoms with E-state index in [1.807, 2.05) is 54.9 Å². The van der Waals surface area contributed by atoms with Crippen LogP contribution in [-0.2, 0) is 6.54 Å². The molecule has 6 heteroatoms. The second kappa shape index (κ2) is 6.99. The number of hydrogen-bond acceptors (Lipinski definition) is 4. The number of rotatable bonds is 4. The van der Waals surface area contributed by atoms with E-state index < -0.39 is 0 Å². The molecule has 27 heavy (non-hydrogen) atoms. The SMILES string of the molecule is Cc1nn(Cc2ccccc2)c(C)c1/C=N/n1cnc2ccccc2c1=O. The summed E-state index contributed by atoms with van der Waals surface area (Å²) in [5.41, 5.74) is 4.43. The predicted octanol–water partition coefficient (Wildman–Crippen LogP) is 3.14. The van der Waals surface area contributed by atoms with Gasteiger partial charge in [0, 0.05) is 11.3 Å². The van der Waals surface area contributed by atoms with Crippen molar-refractivity contribution in [2.45, 2.75) is 20.4 Å². The molecular weight excluding hydrogens is 338 g/mol. The molecule has 0 bridgehead atoms. The van der Waals surface area contributed by atoms with Gasteiger partial charge in [-0.2, -0.15) is 14.9 Å². The van der Waals surface area contributed by atoms with Crippen molar-refractivity contribution in [3.8, 4) is 0 Å². The third-order valence-electron chi connectivity index (χ3n) is 4.57. The number of para-hydroxylation sites is 1. The van der Waals surface area contributed by atoms with Crippen molar-refractivity contribution >= 4 is 17.1 Å². The van der Waals surface area contributed by atoms with E-state index in [4.69, 9.17) is 0 Å². The van der Waals surface area contributed by atoms with Gasteiger partial charge in [-0.05, 0) is 31.5 Å². The molecule has 0 saturated heterocycles. The van der Waals surface area contributed by atoms with Crippen LogP contribution >= 0.6 is 0 Å². The fourth-order valence-electron chi connectivity index (χ4n) is 3.07. The van der Waals surface area contributed by atoms with Gasteiger partial charge in [-0.25, -0.2) is 4.98 Å². The zero-order chi connectivity index (χ0) is 18.8. The van der Waals surface area contributed by atoms with E-state index in [-0.39, 0.29) is 5.56 Å². The first kappa shape index (κ1) is 16.9. The fraction of sp³-hybridized carbons (Fsp3) is 0.143. The third-order valence-corrected chi connectivity index (χ3v) is 4.57. The summed E-state index contributed by atoms with van der Waals surface area (Å²) in [5, 5.41) is 9.49. The highest BCUT2D eigenvalue weighted by molar-refractivity contribution is 5.82. The van der Waals surface area contributed by atoms with Crippen LogP contribution in [-0.4, -0.2) is 25.7 Å². The van der Waals surface area contributed by atoms with E-state index in [0.29, 0.717) is 17.4 Å². The average Bonchev–Trinajstić information content (AvgIpc) is 2.95. The standard InChI is InChI=1S/C21H19N5O/c1-15-19(16(2)25(24-15)13-17-8-4-3-5-9-17)12-23-26-14-22-20-11-7-6-10-18(20)21(26)27/h3-12,14H,13H2,1-2H3/b23-12+. The van der Waals surface area contributed by atoms with Crippen molar-refractivity contribution < 1.29 is 0 Å². The zero-order valence-corrected chi connectivity index (χ0v) is 15.2. The molecule has 4 aromatic rings. The number of nitrogens with zero attached hydrogens (tertiary/aromatic N) is 5. The first-order valence-electron chi connectivity index (χ1n) is 8.72. The molecular formula is C21H19N5O. The second-order valence-electron chi connectivity index (χ2n) is 6.38. The summed E-state index contributed by atoms with van der Waals surface area (Å²) in [4.78, 5) is 16.8. The Morgan fingerprint density at radius 2 is 1.78 bits per heavy atom. The van der Waals surface area contributed by atoms with Gasteiger partial charge in [0.1, 0.15) is 6.33 Å². The summed E-state index contributed by atoms with van der Waals surface area (Å²) >= 11 is 0. The van der Waals surface area contributed by atoms with Crippen LogP contribution in [0.25, 0.3) is 10.9 Å². The molecule has 2 aromatic carbocycles. The Hall–Kier alpha value is -3.54. The van der Waals surface area contributed by atoms with Crippen LogP contribution < -0.4 is 5.56 Å². The molecule has 4 rings (SSSR count). The van der Waals surface area contributed by atoms with Crippen LogP contribution in [0, 0.1) is 13.8 Å². The third kappa shape index (κ3) is 3.29. The summed E-state index contributed by atoms with van der Waals surface area (Å²) in [5.74, 6) is 0. The monoisotopic (exact) mass is 357 g/mol. The van der Waals surface area contributed by atoms with Gasteiger partial charge in [0.15, 0.2) is 0 Å². The quantitative estimate of drug-likeness (QED) is 0.527. The van der Waals surface area contributed by atoms with Crippen molar-refractivity contribution in [3.05, 3.63) is 93.8 Å². The largest absolute Gasteiger partial charge is 0.281 e. The molecule has 0 radical (unpaired) electrons. The van der Waals surface area contributed by atoms with Gasteiger partial charge in [0.25, 0.3) is 5.56 Å². The maximum Gasteiger partial charge on any atom is 0.281 e. The number of benzene rings is 2. The van der Waals surface area contributed by atoms with E-state index in [1.165, 1.54) is 16.6 Å². The molecule has 0 amide bonds. The van der Waals surface area contributed by atoms with Crippen molar-refractivity contribution in [2.75, 3.05) is 0 Å². The molecule has 2 aromatic heterocycles. The maximum absolute atomic E-state index is 12.6. The Balaban J connectivity index is 1.67. The molecule has 0 fully saturated rings. The van der Waals surface area contributed by atoms with Gasteiger partial charge >= 0.3 is 0 Å². The van der Waals surface area contributed by atoms with Crippen LogP contribution in [0.2, 0.25) is 0 Å². The molecule has 0 N–H and O–H groups in total. The average molecular weight is 357 g/mol. The number of hydrogen-bond donors (Lipinski definition) is 0. The van der Waals surface area contributed by atoms with Crippen molar-refractivity contribution in [2.24, 2.45) is 5.10 Å². The minimum atomic E-state index is -0.191. The molecule has 0 aliphatic carbocycles. The zero-order valence-electron chi connectivity index (χ0n) is 15.2. The number of aryl methyl sites for hydroxylation is 1. The van der Waals surface area contributed by atoms with E-state index in [1.54, 1.807) is 12.3 Å². The molecule has 0 aliphatic heterocycles. The lowest BCUT2D eigenvalue weighted by Crippen LogP contribution is -2.17. The number of aromatic nitrogens is 4. The van der Waals surface area contributed by atoms with Gasteiger partial charge in [0.2, 0.25) is 0 Å². The van der Waals surface area contributed by atoms with Gasteiger partial charge in [-0.1, -0.05) is 42.5 Å². The maximum atomic E-state index is 12.6. The summed E-state index contributed by atoms with van der Waals surface area (Å²) in [6, 6.07) is 17.4. The summed E-state index contributed by atoms with van der Waals surface area (Å²) in [6.45, 7) is 4.64. The Bertz CT molecular complexity index is 1190. The Morgan fingerprint density at radius 3 is 2.59 bits per heavy atom. The van der Waals surface area contributed by atoms with Gasteiger partial charge in [-0.3, -0.25) is 9.48 Å². The van der Waals surface area contributed by atoms with Crippen molar-refractivity contribution in [1.82, 2.24) is 19.4 Å². The Morgan fingerprint density at radius 1 is 1.04 bits per heavy atom. The molecule has 0 atom stereocenters. The van der Waals surface area contributed by atoms with Gasteiger partial charge in [-0.15, -0.1) is 0 Å². The summed E-state index contributed by atoms with van der Waals surface area (Å²) in [7, 11) is 0. The van der Waals surface area contributed by atoms with Crippen molar-refractivity contribution in [3.63, 3.8) is 0 Å². The number of fused-ring (bicyclic) bond motifs is 1. The van der Waals surface area contributed by atoms with E-state index in [0.717, 1.165) is 17.0 Å². The fourth-order valence-corrected chi connectivity index (χ4v) is 3.07. The minimum absolute atomic E-state index is 0.191. The topological polar surface area (TPSA) is 65.1 Å². The predicted molar refractivity (Wildman–Crippen MR) is 106 cm³/mol. The van der Waals surface area contributed by atoms with Crippen LogP contribution in [0.1, 0.15) is 22.5 Å². The first-order chi connectivity index (χ1) is 13.1. The molecule has 2 heterocycles. The highest BCUT2D eigenvalue weighted by Crippen LogP contribution is 2.13. The molecule has 0 spiro atoms. The van der Waals surface area contributed by atoms with Crippen molar-refractivity contribution in [1.29, 1.82) is 0 Å². The van der Waals surface area contributed by atoms with E-state index in [2.05, 4.69) is 27.3 Å². The lowest BCUT2D eigenvalue weighted by atomic mass is 10.2. The molecule has 134 valence electrons. The van der Waals surface area contributed by atoms with Crippen LogP contribution in [0.5, 0.6) is 0 Å². The van der Waals surface area contributed by atoms with E-state index >= 15 is 0 Å². The summed E-state index contributed by atoms with van der Waals surface area (Å²) < 4.78 is 3.21. The van der Waals surface area contributed by atoms with E-state index in [9.17, 15) is 4.79 Å². The molecule has 6 nitrogen and oxygen atoms in total. The Kier molecular flexibility index (Phi) is 4.38. The van der Waals surface area contributed by atoms with Gasteiger partial charge in [0.05, 0.1) is 29.4 Å². The van der Waals surface area contributed by atoms with Crippen LogP contribution in [0.3, 0.4) is 0 Å². The molecule has 0 unspecified atom stereocenters. The molecule has 0 aliphatic rings. The van der Waals surface area contributed by atoms with Crippen LogP contribution in [0.4, 0.5) is 0 Å². The highest BCUT2D eigenvalue weighted by atomic mass is 16.1.